The fourth-order valence-corrected chi connectivity index (χ4v) is 9.44. The molecule has 2 N–H and O–H groups in total. The molecule has 0 spiro atoms. The van der Waals surface area contributed by atoms with Crippen molar-refractivity contribution in [1.82, 2.24) is 9.88 Å². The summed E-state index contributed by atoms with van der Waals surface area (Å²) in [6.45, 7) is -0.574. The van der Waals surface area contributed by atoms with Crippen LogP contribution in [-0.4, -0.2) is 51.7 Å². The Morgan fingerprint density at radius 1 is 1.16 bits per heavy atom. The van der Waals surface area contributed by atoms with Gasteiger partial charge in [-0.2, -0.15) is 0 Å². The molecule has 2 aromatic rings. The van der Waals surface area contributed by atoms with Gasteiger partial charge in [-0.25, -0.2) is 0 Å². The molecule has 1 aromatic heterocycles. The Kier molecular flexibility index (Phi) is 4.36. The van der Waals surface area contributed by atoms with Crippen molar-refractivity contribution in [3.05, 3.63) is 44.4 Å². The number of amides is 2. The van der Waals surface area contributed by atoms with E-state index in [-0.39, 0.29) is 45.6 Å². The number of hydrogen-bond donors (Lipinski definition) is 2. The van der Waals surface area contributed by atoms with Crippen LogP contribution in [0.1, 0.15) is 22.8 Å². The van der Waals surface area contributed by atoms with Crippen molar-refractivity contribution in [2.75, 3.05) is 13.7 Å². The van der Waals surface area contributed by atoms with Gasteiger partial charge in [-0.05, 0) is 41.9 Å². The van der Waals surface area contributed by atoms with Gasteiger partial charge in [0.2, 0.25) is 11.8 Å². The number of likely N-dealkylation sites (tertiary alicyclic amines) is 1. The number of aliphatic carboxylic acids is 1. The largest absolute Gasteiger partial charge is 0.497 e. The van der Waals surface area contributed by atoms with Gasteiger partial charge in [0.05, 0.1) is 24.0 Å². The van der Waals surface area contributed by atoms with Crippen molar-refractivity contribution < 1.29 is 24.2 Å². The molecule has 10 heteroatoms. The molecule has 3 fully saturated rings. The minimum atomic E-state index is -1.18. The molecule has 166 valence electrons. The lowest BCUT2D eigenvalue weighted by atomic mass is 9.68. The van der Waals surface area contributed by atoms with Crippen LogP contribution in [0.5, 0.6) is 5.75 Å². The first kappa shape index (κ1) is 20.0. The molecular formula is C22H20N2O6S2. The van der Waals surface area contributed by atoms with Gasteiger partial charge in [-0.1, -0.05) is 23.5 Å². The predicted molar refractivity (Wildman–Crippen MR) is 116 cm³/mol. The number of fused-ring (bicyclic) bond motifs is 9. The zero-order valence-corrected chi connectivity index (χ0v) is 18.7. The molecule has 6 rings (SSSR count). The molecule has 0 radical (unpaired) electrons. The fourth-order valence-electron chi connectivity index (χ4n) is 6.55. The van der Waals surface area contributed by atoms with E-state index in [1.807, 2.05) is 24.3 Å². The summed E-state index contributed by atoms with van der Waals surface area (Å²) in [6.07, 6.45) is 0.780. The standard InChI is InChI=1S/C22H20N2O6S2/c1-30-9-4-2-8(3-5-9)13-14-10-6-11(17(14)31-19-18(13)32-22(29)23-19)16-15(10)20(27)24(21(16)28)7-12(25)26/h2-5,10-11,13-17H,6-7H2,1H3,(H,23,29)(H,25,26)/t10-,11+,13+,14-,15+,16+,17-/m0/s1. The molecule has 2 amide bonds. The lowest BCUT2D eigenvalue weighted by Gasteiger charge is -2.43. The normalized spacial score (nSPS) is 34.4. The third-order valence-corrected chi connectivity index (χ3v) is 10.2. The van der Waals surface area contributed by atoms with Gasteiger partial charge in [0.25, 0.3) is 0 Å². The van der Waals surface area contributed by atoms with E-state index < -0.39 is 24.3 Å². The summed E-state index contributed by atoms with van der Waals surface area (Å²) in [5.74, 6) is -2.04. The first-order valence-corrected chi connectivity index (χ1v) is 12.2. The molecule has 1 aromatic carbocycles. The first-order valence-electron chi connectivity index (χ1n) is 10.5. The summed E-state index contributed by atoms with van der Waals surface area (Å²) in [6, 6.07) is 7.81. The highest BCUT2D eigenvalue weighted by atomic mass is 32.2. The third-order valence-electron chi connectivity index (χ3n) is 7.58. The smallest absolute Gasteiger partial charge is 0.323 e. The Labute approximate surface area is 191 Å². The molecule has 1 saturated heterocycles. The zero-order chi connectivity index (χ0) is 22.3. The summed E-state index contributed by atoms with van der Waals surface area (Å²) >= 11 is 2.83. The van der Waals surface area contributed by atoms with Gasteiger partial charge in [-0.3, -0.25) is 24.1 Å². The number of aromatic amines is 1. The number of carboxylic acids is 1. The van der Waals surface area contributed by atoms with Crippen LogP contribution < -0.4 is 9.61 Å². The van der Waals surface area contributed by atoms with Crippen LogP contribution in [-0.2, 0) is 14.4 Å². The lowest BCUT2D eigenvalue weighted by molar-refractivity contribution is -0.149. The second kappa shape index (κ2) is 6.95. The lowest BCUT2D eigenvalue weighted by Crippen LogP contribution is -2.42. The second-order valence-electron chi connectivity index (χ2n) is 8.89. The summed E-state index contributed by atoms with van der Waals surface area (Å²) in [5, 5.41) is 10.1. The van der Waals surface area contributed by atoms with Gasteiger partial charge >= 0.3 is 10.8 Å². The minimum Gasteiger partial charge on any atom is -0.497 e. The van der Waals surface area contributed by atoms with Crippen LogP contribution in [0.25, 0.3) is 0 Å². The van der Waals surface area contributed by atoms with Crippen LogP contribution in [0.2, 0.25) is 0 Å². The van der Waals surface area contributed by atoms with Gasteiger partial charge in [0.1, 0.15) is 12.3 Å². The number of nitrogens with zero attached hydrogens (tertiary/aromatic N) is 1. The summed E-state index contributed by atoms with van der Waals surface area (Å²) in [7, 11) is 1.61. The number of thioether (sulfide) groups is 1. The number of imide groups is 1. The second-order valence-corrected chi connectivity index (χ2v) is 11.1. The third kappa shape index (κ3) is 2.62. The van der Waals surface area contributed by atoms with Crippen molar-refractivity contribution in [3.8, 4) is 5.75 Å². The average molecular weight is 473 g/mol. The highest BCUT2D eigenvalue weighted by Gasteiger charge is 2.69. The summed E-state index contributed by atoms with van der Waals surface area (Å²) < 4.78 is 5.30. The monoisotopic (exact) mass is 472 g/mol. The molecule has 2 aliphatic heterocycles. The van der Waals surface area contributed by atoms with E-state index >= 15 is 0 Å². The summed E-state index contributed by atoms with van der Waals surface area (Å²) in [5.41, 5.74) is 1.06. The van der Waals surface area contributed by atoms with Crippen LogP contribution in [0.4, 0.5) is 0 Å². The van der Waals surface area contributed by atoms with E-state index in [1.165, 1.54) is 11.3 Å². The Morgan fingerprint density at radius 3 is 2.50 bits per heavy atom. The van der Waals surface area contributed by atoms with Gasteiger partial charge in [0, 0.05) is 16.0 Å². The Balaban J connectivity index is 1.44. The number of carbonyl (C=O) groups is 3. The number of carbonyl (C=O) groups excluding carboxylic acids is 2. The average Bonchev–Trinajstić information content (AvgIpc) is 3.49. The van der Waals surface area contributed by atoms with Crippen LogP contribution in [0.3, 0.4) is 0 Å². The minimum absolute atomic E-state index is 0.00690. The molecule has 3 heterocycles. The number of hydrogen-bond acceptors (Lipinski definition) is 7. The molecule has 0 unspecified atom stereocenters. The predicted octanol–water partition coefficient (Wildman–Crippen LogP) is 2.00. The maximum absolute atomic E-state index is 13.1. The van der Waals surface area contributed by atoms with Crippen molar-refractivity contribution in [1.29, 1.82) is 0 Å². The van der Waals surface area contributed by atoms with Crippen LogP contribution in [0, 0.1) is 29.6 Å². The number of carboxylic acid groups (broad SMARTS) is 1. The number of H-pyrrole nitrogens is 1. The first-order chi connectivity index (χ1) is 15.4. The SMILES string of the molecule is COc1ccc([C@H]2c3sc(=O)[nH]c3S[C@H]3[C@@H]4C[C@H]([C@H]5C(=O)N(CC(=O)O)C(=O)[C@H]45)[C@@H]23)cc1. The number of rotatable bonds is 4. The van der Waals surface area contributed by atoms with Gasteiger partial charge in [0.15, 0.2) is 0 Å². The van der Waals surface area contributed by atoms with Crippen LogP contribution in [0.15, 0.2) is 34.1 Å². The Bertz CT molecular complexity index is 1200. The molecule has 7 atom stereocenters. The van der Waals surface area contributed by atoms with Gasteiger partial charge < -0.3 is 14.8 Å². The molecule has 4 aliphatic rings. The van der Waals surface area contributed by atoms with E-state index in [9.17, 15) is 24.3 Å². The number of benzene rings is 1. The highest BCUT2D eigenvalue weighted by molar-refractivity contribution is 8.00. The van der Waals surface area contributed by atoms with Crippen molar-refractivity contribution in [2.24, 2.45) is 29.6 Å². The van der Waals surface area contributed by atoms with Crippen molar-refractivity contribution in [2.45, 2.75) is 22.6 Å². The Morgan fingerprint density at radius 2 is 1.84 bits per heavy atom. The van der Waals surface area contributed by atoms with Crippen LogP contribution >= 0.6 is 23.1 Å². The quantitative estimate of drug-likeness (QED) is 0.654. The molecule has 2 saturated carbocycles. The van der Waals surface area contributed by atoms with E-state index in [0.717, 1.165) is 32.5 Å². The van der Waals surface area contributed by atoms with Crippen molar-refractivity contribution >= 4 is 40.9 Å². The van der Waals surface area contributed by atoms with E-state index in [1.54, 1.807) is 18.9 Å². The number of ether oxygens (including phenoxy) is 1. The van der Waals surface area contributed by atoms with E-state index in [4.69, 9.17) is 4.74 Å². The fraction of sp³-hybridized carbons (Fsp3) is 0.455. The van der Waals surface area contributed by atoms with Crippen molar-refractivity contribution in [3.63, 3.8) is 0 Å². The zero-order valence-electron chi connectivity index (χ0n) is 17.0. The molecule has 32 heavy (non-hydrogen) atoms. The Hall–Kier alpha value is -2.59. The molecule has 2 aliphatic carbocycles. The van der Waals surface area contributed by atoms with Gasteiger partial charge in [-0.15, -0.1) is 11.8 Å². The molecule has 2 bridgehead atoms. The number of aromatic nitrogens is 1. The molecular weight excluding hydrogens is 452 g/mol. The number of nitrogens with one attached hydrogen (secondary N) is 1. The number of thiazole rings is 1. The summed E-state index contributed by atoms with van der Waals surface area (Å²) in [4.78, 5) is 54.4. The highest BCUT2D eigenvalue weighted by Crippen LogP contribution is 2.68. The maximum atomic E-state index is 13.1. The van der Waals surface area contributed by atoms with E-state index in [0.29, 0.717) is 0 Å². The topological polar surface area (TPSA) is 117 Å². The number of methoxy groups -OCH3 is 1. The van der Waals surface area contributed by atoms with E-state index in [2.05, 4.69) is 4.98 Å². The molecule has 8 nitrogen and oxygen atoms in total. The maximum Gasteiger partial charge on any atom is 0.323 e.